The molecule has 0 aliphatic carbocycles. The largest absolute Gasteiger partial charge is 0.464 e. The van der Waals surface area contributed by atoms with Crippen molar-refractivity contribution in [3.63, 3.8) is 0 Å². The number of aryl methyl sites for hydroxylation is 1. The van der Waals surface area contributed by atoms with Gasteiger partial charge in [-0.2, -0.15) is 0 Å². The highest BCUT2D eigenvalue weighted by molar-refractivity contribution is 7.92. The van der Waals surface area contributed by atoms with Crippen molar-refractivity contribution in [2.24, 2.45) is 0 Å². The first-order valence-electron chi connectivity index (χ1n) is 7.95. The average molecular weight is 388 g/mol. The van der Waals surface area contributed by atoms with Crippen molar-refractivity contribution >= 4 is 21.8 Å². The van der Waals surface area contributed by atoms with E-state index < -0.39 is 56.4 Å². The lowest BCUT2D eigenvalue weighted by Crippen LogP contribution is -2.38. The molecule has 0 bridgehead atoms. The standard InChI is InChI=1S/C15H20N2O8S/c1-4-10-6-17(15(21)16-14(10)20)13-5-11(25-9(3)19)12(26(13,22)23)7-24-8(2)18/h6,11-13H,4-5,7H2,1-3H3,(H,16,20,21)/t11-,12+,13+/m0/s1. The van der Waals surface area contributed by atoms with Gasteiger partial charge in [0.15, 0.2) is 9.84 Å². The van der Waals surface area contributed by atoms with Crippen LogP contribution >= 0.6 is 0 Å². The van der Waals surface area contributed by atoms with Gasteiger partial charge in [0.05, 0.1) is 0 Å². The second-order valence-electron chi connectivity index (χ2n) is 5.94. The third kappa shape index (κ3) is 3.87. The summed E-state index contributed by atoms with van der Waals surface area (Å²) in [5.41, 5.74) is -1.22. The topological polar surface area (TPSA) is 142 Å². The molecule has 144 valence electrons. The molecule has 3 atom stereocenters. The number of aromatic nitrogens is 2. The van der Waals surface area contributed by atoms with E-state index in [0.29, 0.717) is 6.42 Å². The highest BCUT2D eigenvalue weighted by Gasteiger charge is 2.51. The van der Waals surface area contributed by atoms with Crippen molar-refractivity contribution < 1.29 is 27.5 Å². The molecule has 1 saturated heterocycles. The minimum absolute atomic E-state index is 0.192. The van der Waals surface area contributed by atoms with Gasteiger partial charge in [0.1, 0.15) is 23.3 Å². The van der Waals surface area contributed by atoms with Crippen molar-refractivity contribution in [1.29, 1.82) is 0 Å². The number of nitrogens with zero attached hydrogens (tertiary/aromatic N) is 1. The summed E-state index contributed by atoms with van der Waals surface area (Å²) >= 11 is 0. The molecule has 1 aromatic rings. The molecule has 11 heteroatoms. The van der Waals surface area contributed by atoms with Crippen LogP contribution in [0.5, 0.6) is 0 Å². The summed E-state index contributed by atoms with van der Waals surface area (Å²) in [7, 11) is -4.05. The molecule has 0 unspecified atom stereocenters. The van der Waals surface area contributed by atoms with Gasteiger partial charge in [-0.1, -0.05) is 6.92 Å². The minimum atomic E-state index is -4.05. The van der Waals surface area contributed by atoms with E-state index in [4.69, 9.17) is 9.47 Å². The van der Waals surface area contributed by atoms with Crippen molar-refractivity contribution in [3.05, 3.63) is 32.6 Å². The molecule has 0 radical (unpaired) electrons. The van der Waals surface area contributed by atoms with Crippen molar-refractivity contribution in [2.75, 3.05) is 6.61 Å². The molecule has 0 amide bonds. The number of nitrogens with one attached hydrogen (secondary N) is 1. The Morgan fingerprint density at radius 1 is 1.27 bits per heavy atom. The molecule has 10 nitrogen and oxygen atoms in total. The predicted molar refractivity (Wildman–Crippen MR) is 89.2 cm³/mol. The second kappa shape index (κ2) is 7.44. The van der Waals surface area contributed by atoms with Gasteiger partial charge in [-0.15, -0.1) is 0 Å². The third-order valence-electron chi connectivity index (χ3n) is 4.15. The molecule has 1 fully saturated rings. The number of rotatable bonds is 5. The lowest BCUT2D eigenvalue weighted by Gasteiger charge is -2.17. The minimum Gasteiger partial charge on any atom is -0.464 e. The van der Waals surface area contributed by atoms with Crippen LogP contribution in [0.4, 0.5) is 0 Å². The summed E-state index contributed by atoms with van der Waals surface area (Å²) < 4.78 is 36.6. The molecule has 1 aliphatic heterocycles. The van der Waals surface area contributed by atoms with Crippen LogP contribution in [0.15, 0.2) is 15.8 Å². The second-order valence-corrected chi connectivity index (χ2v) is 8.27. The van der Waals surface area contributed by atoms with Crippen LogP contribution in [-0.2, 0) is 35.3 Å². The molecule has 0 aromatic carbocycles. The van der Waals surface area contributed by atoms with E-state index in [9.17, 15) is 27.6 Å². The first-order valence-corrected chi connectivity index (χ1v) is 9.56. The van der Waals surface area contributed by atoms with E-state index in [1.54, 1.807) is 6.92 Å². The van der Waals surface area contributed by atoms with Crippen molar-refractivity contribution in [3.8, 4) is 0 Å². The van der Waals surface area contributed by atoms with Gasteiger partial charge >= 0.3 is 17.6 Å². The zero-order valence-electron chi connectivity index (χ0n) is 14.6. The number of H-pyrrole nitrogens is 1. The number of hydrogen-bond donors (Lipinski definition) is 1. The van der Waals surface area contributed by atoms with E-state index >= 15 is 0 Å². The fourth-order valence-corrected chi connectivity index (χ4v) is 5.08. The highest BCUT2D eigenvalue weighted by Crippen LogP contribution is 2.37. The van der Waals surface area contributed by atoms with Crippen molar-refractivity contribution in [2.45, 2.75) is 50.3 Å². The van der Waals surface area contributed by atoms with Crippen LogP contribution in [0.2, 0.25) is 0 Å². The molecule has 1 aromatic heterocycles. The summed E-state index contributed by atoms with van der Waals surface area (Å²) in [5, 5.41) is -2.65. The summed E-state index contributed by atoms with van der Waals surface area (Å²) in [4.78, 5) is 48.3. The van der Waals surface area contributed by atoms with Gasteiger partial charge in [0, 0.05) is 32.0 Å². The maximum Gasteiger partial charge on any atom is 0.329 e. The van der Waals surface area contributed by atoms with Gasteiger partial charge in [0.25, 0.3) is 5.56 Å². The van der Waals surface area contributed by atoms with Gasteiger partial charge in [0.2, 0.25) is 0 Å². The van der Waals surface area contributed by atoms with E-state index in [1.807, 2.05) is 0 Å². The Bertz CT molecular complexity index is 930. The summed E-state index contributed by atoms with van der Waals surface area (Å²) in [6, 6.07) is 0. The molecule has 1 aliphatic rings. The number of carbonyl (C=O) groups excluding carboxylic acids is 2. The summed E-state index contributed by atoms with van der Waals surface area (Å²) in [5.74, 6) is -1.37. The SMILES string of the molecule is CCc1cn([C@H]2C[C@H](OC(C)=O)[C@@H](COC(C)=O)S2(=O)=O)c(=O)[nH]c1=O. The van der Waals surface area contributed by atoms with Crippen LogP contribution in [0.3, 0.4) is 0 Å². The predicted octanol–water partition coefficient (Wildman–Crippen LogP) is -0.720. The van der Waals surface area contributed by atoms with Gasteiger partial charge < -0.3 is 9.47 Å². The maximum atomic E-state index is 12.9. The van der Waals surface area contributed by atoms with E-state index in [0.717, 1.165) is 18.4 Å². The average Bonchev–Trinajstić information content (AvgIpc) is 2.75. The molecular formula is C15H20N2O8S. The first-order chi connectivity index (χ1) is 12.1. The number of esters is 2. The lowest BCUT2D eigenvalue weighted by atomic mass is 10.2. The Balaban J connectivity index is 2.50. The molecule has 2 rings (SSSR count). The molecule has 1 N–H and O–H groups in total. The zero-order valence-corrected chi connectivity index (χ0v) is 15.4. The monoisotopic (exact) mass is 388 g/mol. The number of ether oxygens (including phenoxy) is 2. The van der Waals surface area contributed by atoms with Gasteiger partial charge in [-0.05, 0) is 6.42 Å². The highest BCUT2D eigenvalue weighted by atomic mass is 32.2. The van der Waals surface area contributed by atoms with Crippen LogP contribution in [0, 0.1) is 0 Å². The first kappa shape index (κ1) is 19.9. The molecule has 26 heavy (non-hydrogen) atoms. The van der Waals surface area contributed by atoms with E-state index in [-0.39, 0.29) is 12.0 Å². The fourth-order valence-electron chi connectivity index (χ4n) is 2.90. The number of carbonyl (C=O) groups is 2. The molecular weight excluding hydrogens is 368 g/mol. The Kier molecular flexibility index (Phi) is 5.69. The number of sulfone groups is 1. The van der Waals surface area contributed by atoms with Crippen LogP contribution in [-0.4, -0.2) is 47.9 Å². The molecule has 2 heterocycles. The third-order valence-corrected chi connectivity index (χ3v) is 6.61. The molecule has 0 spiro atoms. The van der Waals surface area contributed by atoms with Gasteiger partial charge in [-0.3, -0.25) is 23.9 Å². The van der Waals surface area contributed by atoms with Crippen LogP contribution < -0.4 is 11.2 Å². The fraction of sp³-hybridized carbons (Fsp3) is 0.600. The summed E-state index contributed by atoms with van der Waals surface area (Å²) in [6.07, 6.45) is 0.226. The Morgan fingerprint density at radius 2 is 1.92 bits per heavy atom. The normalized spacial score (nSPS) is 24.2. The van der Waals surface area contributed by atoms with Crippen LogP contribution in [0.25, 0.3) is 0 Å². The number of aromatic amines is 1. The molecule has 0 saturated carbocycles. The Hall–Kier alpha value is -2.43. The summed E-state index contributed by atoms with van der Waals surface area (Å²) in [6.45, 7) is 3.45. The smallest absolute Gasteiger partial charge is 0.329 e. The van der Waals surface area contributed by atoms with E-state index in [2.05, 4.69) is 4.98 Å². The van der Waals surface area contributed by atoms with Gasteiger partial charge in [-0.25, -0.2) is 13.2 Å². The van der Waals surface area contributed by atoms with Crippen LogP contribution in [0.1, 0.15) is 38.1 Å². The van der Waals surface area contributed by atoms with Crippen molar-refractivity contribution in [1.82, 2.24) is 9.55 Å². The zero-order chi connectivity index (χ0) is 19.6. The Morgan fingerprint density at radius 3 is 2.46 bits per heavy atom. The maximum absolute atomic E-state index is 12.9. The number of hydrogen-bond acceptors (Lipinski definition) is 8. The quantitative estimate of drug-likeness (QED) is 0.651. The lowest BCUT2D eigenvalue weighted by molar-refractivity contribution is -0.148. The Labute approximate surface area is 149 Å². The van der Waals surface area contributed by atoms with E-state index in [1.165, 1.54) is 6.20 Å².